The summed E-state index contributed by atoms with van der Waals surface area (Å²) >= 11 is 0. The van der Waals surface area contributed by atoms with Crippen LogP contribution >= 0.6 is 0 Å². The molecule has 2 aliphatic rings. The molecule has 0 spiro atoms. The number of allylic oxidation sites excluding steroid dienone is 2. The minimum Gasteiger partial charge on any atom is -0.511 e. The van der Waals surface area contributed by atoms with E-state index in [2.05, 4.69) is 4.98 Å². The van der Waals surface area contributed by atoms with Gasteiger partial charge >= 0.3 is 12.4 Å². The maximum Gasteiger partial charge on any atom is 0.421 e. The molecule has 2 aliphatic carbocycles. The Morgan fingerprint density at radius 2 is 1.76 bits per heavy atom. The monoisotopic (exact) mass is 471 g/mol. The number of aliphatic hydroxyl groups excluding tert-OH is 1. The minimum atomic E-state index is -5.14. The van der Waals surface area contributed by atoms with Crippen LogP contribution in [0.1, 0.15) is 48.4 Å². The summed E-state index contributed by atoms with van der Waals surface area (Å²) in [6, 6.07) is 4.17. The van der Waals surface area contributed by atoms with Gasteiger partial charge in [0.2, 0.25) is 5.88 Å². The molecule has 1 saturated carbocycles. The summed E-state index contributed by atoms with van der Waals surface area (Å²) in [4.78, 5) is 16.2. The highest BCUT2D eigenvalue weighted by atomic mass is 19.4. The lowest BCUT2D eigenvalue weighted by molar-refractivity contribution is -0.144. The molecule has 1 aromatic heterocycles. The summed E-state index contributed by atoms with van der Waals surface area (Å²) in [5.41, 5.74) is -2.08. The number of Topliss-reactive ketones (excluding diaryl/α,β-unsaturated/α-hetero) is 1. The van der Waals surface area contributed by atoms with Gasteiger partial charge in [-0.2, -0.15) is 26.3 Å². The van der Waals surface area contributed by atoms with E-state index in [1.54, 1.807) is 6.07 Å². The molecule has 0 saturated heterocycles. The normalized spacial score (nSPS) is 21.0. The van der Waals surface area contributed by atoms with Crippen molar-refractivity contribution in [1.29, 1.82) is 0 Å². The molecule has 176 valence electrons. The summed E-state index contributed by atoms with van der Waals surface area (Å²) < 4.78 is 84.2. The molecular weight excluding hydrogens is 452 g/mol. The Kier molecular flexibility index (Phi) is 5.66. The van der Waals surface area contributed by atoms with Gasteiger partial charge in [0.1, 0.15) is 17.1 Å². The number of ketones is 1. The quantitative estimate of drug-likeness (QED) is 0.502. The van der Waals surface area contributed by atoms with Crippen LogP contribution in [-0.2, 0) is 23.6 Å². The summed E-state index contributed by atoms with van der Waals surface area (Å²) in [6.45, 7) is 1.82. The minimum absolute atomic E-state index is 0.0377. The number of nitrogens with zero attached hydrogens (tertiary/aromatic N) is 1. The smallest absolute Gasteiger partial charge is 0.421 e. The molecule has 10 heteroatoms. The lowest BCUT2D eigenvalue weighted by Gasteiger charge is -2.23. The molecule has 33 heavy (non-hydrogen) atoms. The second-order valence-corrected chi connectivity index (χ2v) is 8.18. The first-order valence-electron chi connectivity index (χ1n) is 10.3. The number of ether oxygens (including phenoxy) is 1. The SMILES string of the molecule is CCc1ccc(Oc2ncc(C(F)(F)F)cc2C(F)(F)F)cc1C1=C(O)[C@H]2CC[C@H](C2)C1=O. The van der Waals surface area contributed by atoms with Gasteiger partial charge in [0.05, 0.1) is 11.1 Å². The second kappa shape index (κ2) is 8.07. The van der Waals surface area contributed by atoms with E-state index >= 15 is 0 Å². The van der Waals surface area contributed by atoms with E-state index < -0.39 is 29.4 Å². The van der Waals surface area contributed by atoms with Crippen molar-refractivity contribution >= 4 is 11.4 Å². The number of carbonyl (C=O) groups is 1. The van der Waals surface area contributed by atoms with Gasteiger partial charge in [-0.05, 0) is 55.0 Å². The van der Waals surface area contributed by atoms with Gasteiger partial charge in [0.25, 0.3) is 0 Å². The van der Waals surface area contributed by atoms with Crippen molar-refractivity contribution in [2.75, 3.05) is 0 Å². The fourth-order valence-electron chi connectivity index (χ4n) is 4.44. The average molecular weight is 471 g/mol. The lowest BCUT2D eigenvalue weighted by atomic mass is 9.81. The van der Waals surface area contributed by atoms with Gasteiger partial charge in [-0.3, -0.25) is 4.79 Å². The number of aliphatic hydroxyl groups is 1. The van der Waals surface area contributed by atoms with Crippen LogP contribution in [0.25, 0.3) is 5.57 Å². The lowest BCUT2D eigenvalue weighted by Crippen LogP contribution is -2.22. The molecule has 2 aromatic rings. The average Bonchev–Trinajstić information content (AvgIpc) is 3.19. The second-order valence-electron chi connectivity index (χ2n) is 8.18. The predicted octanol–water partition coefficient (Wildman–Crippen LogP) is 6.74. The van der Waals surface area contributed by atoms with Crippen LogP contribution in [0, 0.1) is 11.8 Å². The van der Waals surface area contributed by atoms with Crippen molar-refractivity contribution in [1.82, 2.24) is 4.98 Å². The molecule has 2 atom stereocenters. The molecule has 0 radical (unpaired) electrons. The van der Waals surface area contributed by atoms with E-state index in [1.807, 2.05) is 6.92 Å². The Balaban J connectivity index is 1.77. The number of hydrogen-bond acceptors (Lipinski definition) is 4. The van der Waals surface area contributed by atoms with Gasteiger partial charge in [-0.15, -0.1) is 0 Å². The maximum absolute atomic E-state index is 13.4. The summed E-state index contributed by atoms with van der Waals surface area (Å²) in [6.07, 6.45) is -7.52. The molecular formula is C23H19F6NO3. The molecule has 0 unspecified atom stereocenters. The van der Waals surface area contributed by atoms with E-state index in [0.29, 0.717) is 36.8 Å². The number of hydrogen-bond donors (Lipinski definition) is 1. The highest BCUT2D eigenvalue weighted by molar-refractivity contribution is 6.23. The molecule has 1 N–H and O–H groups in total. The van der Waals surface area contributed by atoms with Crippen LogP contribution in [-0.4, -0.2) is 15.9 Å². The third kappa shape index (κ3) is 4.30. The van der Waals surface area contributed by atoms with Crippen LogP contribution < -0.4 is 4.74 Å². The first-order valence-corrected chi connectivity index (χ1v) is 10.3. The highest BCUT2D eigenvalue weighted by Gasteiger charge is 2.42. The van der Waals surface area contributed by atoms with Crippen molar-refractivity contribution in [3.63, 3.8) is 0 Å². The zero-order chi connectivity index (χ0) is 24.1. The van der Waals surface area contributed by atoms with Crippen LogP contribution in [0.4, 0.5) is 26.3 Å². The maximum atomic E-state index is 13.4. The Hall–Kier alpha value is -3.04. The number of halogens is 6. The van der Waals surface area contributed by atoms with E-state index in [4.69, 9.17) is 4.74 Å². The van der Waals surface area contributed by atoms with Crippen molar-refractivity contribution in [3.8, 4) is 11.6 Å². The zero-order valence-corrected chi connectivity index (χ0v) is 17.3. The standard InChI is InChI=1S/C23H19F6NO3/c1-2-11-5-6-15(9-16(11)18-19(31)12-3-4-13(7-12)20(18)32)33-21-17(23(27,28)29)8-14(10-30-21)22(24,25)26/h5-6,8-10,12-13,31H,2-4,7H2,1H3/t12-,13+/m0/s1. The summed E-state index contributed by atoms with van der Waals surface area (Å²) in [5.74, 6) is -1.82. The van der Waals surface area contributed by atoms with E-state index in [1.165, 1.54) is 12.1 Å². The molecule has 0 amide bonds. The number of alkyl halides is 6. The molecule has 1 heterocycles. The molecule has 0 aliphatic heterocycles. The number of benzene rings is 1. The van der Waals surface area contributed by atoms with Crippen molar-refractivity contribution < 1.29 is 41.0 Å². The van der Waals surface area contributed by atoms with Crippen LogP contribution in [0.5, 0.6) is 11.6 Å². The third-order valence-electron chi connectivity index (χ3n) is 6.12. The van der Waals surface area contributed by atoms with Crippen molar-refractivity contribution in [2.24, 2.45) is 11.8 Å². The fraction of sp³-hybridized carbons (Fsp3) is 0.391. The number of aryl methyl sites for hydroxylation is 1. The third-order valence-corrected chi connectivity index (χ3v) is 6.12. The molecule has 4 rings (SSSR count). The van der Waals surface area contributed by atoms with Gasteiger partial charge in [-0.25, -0.2) is 4.98 Å². The van der Waals surface area contributed by atoms with E-state index in [-0.39, 0.29) is 47.0 Å². The first kappa shape index (κ1) is 23.1. The Labute approximate surface area is 184 Å². The van der Waals surface area contributed by atoms with Crippen molar-refractivity contribution in [2.45, 2.75) is 45.0 Å². The van der Waals surface area contributed by atoms with Gasteiger partial charge < -0.3 is 9.84 Å². The number of aromatic nitrogens is 1. The molecule has 1 fully saturated rings. The number of fused-ring (bicyclic) bond motifs is 2. The van der Waals surface area contributed by atoms with Gasteiger partial charge in [0.15, 0.2) is 5.78 Å². The van der Waals surface area contributed by atoms with Crippen molar-refractivity contribution in [3.05, 3.63) is 58.5 Å². The van der Waals surface area contributed by atoms with Crippen LogP contribution in [0.2, 0.25) is 0 Å². The van der Waals surface area contributed by atoms with E-state index in [0.717, 1.165) is 0 Å². The Bertz CT molecular complexity index is 1140. The van der Waals surface area contributed by atoms with Crippen LogP contribution in [0.15, 0.2) is 36.2 Å². The Morgan fingerprint density at radius 1 is 1.06 bits per heavy atom. The molecule has 2 bridgehead atoms. The Morgan fingerprint density at radius 3 is 2.39 bits per heavy atom. The first-order chi connectivity index (χ1) is 15.4. The van der Waals surface area contributed by atoms with Gasteiger partial charge in [0, 0.05) is 18.0 Å². The summed E-state index contributed by atoms with van der Waals surface area (Å²) in [5, 5.41) is 10.7. The fourth-order valence-corrected chi connectivity index (χ4v) is 4.44. The zero-order valence-electron chi connectivity index (χ0n) is 17.3. The largest absolute Gasteiger partial charge is 0.511 e. The molecule has 4 nitrogen and oxygen atoms in total. The summed E-state index contributed by atoms with van der Waals surface area (Å²) in [7, 11) is 0. The highest BCUT2D eigenvalue weighted by Crippen LogP contribution is 2.47. The number of carbonyl (C=O) groups excluding carboxylic acids is 1. The number of pyridine rings is 1. The predicted molar refractivity (Wildman–Crippen MR) is 106 cm³/mol. The molecule has 1 aromatic carbocycles. The topological polar surface area (TPSA) is 59.4 Å². The van der Waals surface area contributed by atoms with Crippen LogP contribution in [0.3, 0.4) is 0 Å². The number of rotatable bonds is 4. The van der Waals surface area contributed by atoms with Gasteiger partial charge in [-0.1, -0.05) is 13.0 Å². The van der Waals surface area contributed by atoms with E-state index in [9.17, 15) is 36.2 Å².